The molecule has 0 fully saturated rings. The fourth-order valence-electron chi connectivity index (χ4n) is 1.43. The largest absolute Gasteiger partial charge is 0.271 e. The number of hydrogen-bond donors (Lipinski definition) is 1. The molecule has 2 aromatic rings. The van der Waals surface area contributed by atoms with Crippen LogP contribution in [0.3, 0.4) is 0 Å². The molecule has 0 bridgehead atoms. The molecule has 2 aromatic carbocycles. The molecule has 0 spiro atoms. The fourth-order valence-corrected chi connectivity index (χ4v) is 1.81. The van der Waals surface area contributed by atoms with Crippen molar-refractivity contribution in [3.8, 4) is 0 Å². The third-order valence-electron chi connectivity index (χ3n) is 2.36. The molecule has 19 heavy (non-hydrogen) atoms. The number of nitrogens with one attached hydrogen (secondary N) is 1. The van der Waals surface area contributed by atoms with Crippen molar-refractivity contribution in [2.24, 2.45) is 5.10 Å². The highest BCUT2D eigenvalue weighted by atomic mass is 35.5. The number of hydrogen-bond acceptors (Lipinski definition) is 2. The van der Waals surface area contributed by atoms with Gasteiger partial charge in [-0.2, -0.15) is 5.10 Å². The number of amides is 1. The lowest BCUT2D eigenvalue weighted by molar-refractivity contribution is 0.0955. The Labute approximate surface area is 120 Å². The monoisotopic (exact) mass is 292 g/mol. The van der Waals surface area contributed by atoms with Crippen molar-refractivity contribution in [2.75, 3.05) is 0 Å². The Balaban J connectivity index is 2.03. The molecule has 0 aliphatic rings. The first-order chi connectivity index (χ1) is 9.16. The summed E-state index contributed by atoms with van der Waals surface area (Å²) >= 11 is 11.8. The third-order valence-corrected chi connectivity index (χ3v) is 2.94. The van der Waals surface area contributed by atoms with Crippen LogP contribution in [-0.2, 0) is 0 Å². The third kappa shape index (κ3) is 3.81. The van der Waals surface area contributed by atoms with Gasteiger partial charge in [-0.15, -0.1) is 0 Å². The van der Waals surface area contributed by atoms with E-state index < -0.39 is 0 Å². The maximum absolute atomic E-state index is 11.8. The summed E-state index contributed by atoms with van der Waals surface area (Å²) in [6.45, 7) is 0. The van der Waals surface area contributed by atoms with Gasteiger partial charge in [-0.05, 0) is 24.3 Å². The van der Waals surface area contributed by atoms with Crippen LogP contribution < -0.4 is 5.43 Å². The molecule has 1 N–H and O–H groups in total. The van der Waals surface area contributed by atoms with Crippen LogP contribution in [0.4, 0.5) is 0 Å². The zero-order valence-corrected chi connectivity index (χ0v) is 11.3. The van der Waals surface area contributed by atoms with Crippen molar-refractivity contribution in [2.45, 2.75) is 0 Å². The van der Waals surface area contributed by atoms with Crippen LogP contribution in [0.1, 0.15) is 15.9 Å². The summed E-state index contributed by atoms with van der Waals surface area (Å²) in [5.74, 6) is -0.328. The van der Waals surface area contributed by atoms with Gasteiger partial charge < -0.3 is 0 Å². The van der Waals surface area contributed by atoms with Crippen molar-refractivity contribution < 1.29 is 4.79 Å². The first-order valence-corrected chi connectivity index (χ1v) is 6.26. The summed E-state index contributed by atoms with van der Waals surface area (Å²) in [7, 11) is 0. The molecular formula is C14H10Cl2N2O. The molecule has 0 unspecified atom stereocenters. The van der Waals surface area contributed by atoms with Gasteiger partial charge in [-0.1, -0.05) is 47.5 Å². The number of hydrazone groups is 1. The minimum atomic E-state index is -0.328. The fraction of sp³-hybridized carbons (Fsp3) is 0. The molecule has 0 aliphatic heterocycles. The van der Waals surface area contributed by atoms with E-state index in [1.807, 2.05) is 12.1 Å². The van der Waals surface area contributed by atoms with Gasteiger partial charge in [-0.3, -0.25) is 4.79 Å². The maximum Gasteiger partial charge on any atom is 0.271 e. The molecule has 0 saturated heterocycles. The molecule has 1 amide bonds. The van der Waals surface area contributed by atoms with Gasteiger partial charge in [0.05, 0.1) is 6.21 Å². The number of carbonyl (C=O) groups is 1. The average Bonchev–Trinajstić information content (AvgIpc) is 2.41. The van der Waals surface area contributed by atoms with Crippen LogP contribution in [0.2, 0.25) is 10.0 Å². The van der Waals surface area contributed by atoms with Gasteiger partial charge in [0.25, 0.3) is 5.91 Å². The molecule has 2 rings (SSSR count). The highest BCUT2D eigenvalue weighted by Gasteiger charge is 2.04. The predicted octanol–water partition coefficient (Wildman–Crippen LogP) is 3.76. The summed E-state index contributed by atoms with van der Waals surface area (Å²) in [4.78, 5) is 11.8. The lowest BCUT2D eigenvalue weighted by Crippen LogP contribution is -2.17. The van der Waals surface area contributed by atoms with Gasteiger partial charge in [-0.25, -0.2) is 5.43 Å². The molecule has 0 aromatic heterocycles. The van der Waals surface area contributed by atoms with Gasteiger partial charge in [0.1, 0.15) is 0 Å². The smallest absolute Gasteiger partial charge is 0.267 e. The second kappa shape index (κ2) is 6.36. The number of halogens is 2. The summed E-state index contributed by atoms with van der Waals surface area (Å²) in [6.07, 6.45) is 1.49. The van der Waals surface area contributed by atoms with Gasteiger partial charge in [0.2, 0.25) is 0 Å². The summed E-state index contributed by atoms with van der Waals surface area (Å²) in [6, 6.07) is 13.9. The second-order valence-corrected chi connectivity index (χ2v) is 4.57. The highest BCUT2D eigenvalue weighted by molar-refractivity contribution is 6.33. The standard InChI is InChI=1S/C14H10Cl2N2O/c15-12-6-3-5-10(8-12)14(19)18-17-9-11-4-1-2-7-13(11)16/h1-9H,(H,18,19)/b17-9-. The van der Waals surface area contributed by atoms with E-state index in [2.05, 4.69) is 10.5 Å². The Bertz CT molecular complexity index is 626. The van der Waals surface area contributed by atoms with Gasteiger partial charge in [0, 0.05) is 21.2 Å². The van der Waals surface area contributed by atoms with E-state index >= 15 is 0 Å². The predicted molar refractivity (Wildman–Crippen MR) is 78.0 cm³/mol. The molecule has 5 heteroatoms. The number of rotatable bonds is 3. The van der Waals surface area contributed by atoms with E-state index in [9.17, 15) is 4.79 Å². The lowest BCUT2D eigenvalue weighted by atomic mass is 10.2. The minimum absolute atomic E-state index is 0.328. The van der Waals surface area contributed by atoms with Crippen LogP contribution >= 0.6 is 23.2 Å². The normalized spacial score (nSPS) is 10.6. The maximum atomic E-state index is 11.8. The molecule has 3 nitrogen and oxygen atoms in total. The van der Waals surface area contributed by atoms with E-state index in [0.29, 0.717) is 15.6 Å². The number of benzene rings is 2. The molecule has 0 heterocycles. The molecule has 0 radical (unpaired) electrons. The summed E-state index contributed by atoms with van der Waals surface area (Å²) in [5.41, 5.74) is 3.60. The van der Waals surface area contributed by atoms with Crippen molar-refractivity contribution in [3.63, 3.8) is 0 Å². The topological polar surface area (TPSA) is 41.5 Å². The first kappa shape index (κ1) is 13.6. The average molecular weight is 293 g/mol. The first-order valence-electron chi connectivity index (χ1n) is 5.50. The van der Waals surface area contributed by atoms with E-state index in [1.54, 1.807) is 36.4 Å². The van der Waals surface area contributed by atoms with Crippen LogP contribution in [0, 0.1) is 0 Å². The van der Waals surface area contributed by atoms with Gasteiger partial charge >= 0.3 is 0 Å². The van der Waals surface area contributed by atoms with E-state index in [0.717, 1.165) is 5.56 Å². The van der Waals surface area contributed by atoms with Crippen molar-refractivity contribution in [1.29, 1.82) is 0 Å². The zero-order valence-electron chi connectivity index (χ0n) is 9.81. The van der Waals surface area contributed by atoms with Crippen molar-refractivity contribution in [1.82, 2.24) is 5.43 Å². The summed E-state index contributed by atoms with van der Waals surface area (Å²) < 4.78 is 0. The highest BCUT2D eigenvalue weighted by Crippen LogP contribution is 2.12. The van der Waals surface area contributed by atoms with Crippen LogP contribution in [0.25, 0.3) is 0 Å². The zero-order chi connectivity index (χ0) is 13.7. The van der Waals surface area contributed by atoms with Gasteiger partial charge in [0.15, 0.2) is 0 Å². The summed E-state index contributed by atoms with van der Waals surface area (Å²) in [5, 5.41) is 4.93. The SMILES string of the molecule is O=C(N/N=C\c1ccccc1Cl)c1cccc(Cl)c1. The second-order valence-electron chi connectivity index (χ2n) is 3.73. The molecule has 96 valence electrons. The molecule has 0 aliphatic carbocycles. The lowest BCUT2D eigenvalue weighted by Gasteiger charge is -2.00. The Morgan fingerprint density at radius 2 is 1.89 bits per heavy atom. The Hall–Kier alpha value is -1.84. The van der Waals surface area contributed by atoms with Crippen molar-refractivity contribution >= 4 is 35.3 Å². The number of carbonyl (C=O) groups excluding carboxylic acids is 1. The van der Waals surface area contributed by atoms with E-state index in [-0.39, 0.29) is 5.91 Å². The van der Waals surface area contributed by atoms with Crippen LogP contribution in [0.5, 0.6) is 0 Å². The van der Waals surface area contributed by atoms with E-state index in [4.69, 9.17) is 23.2 Å². The van der Waals surface area contributed by atoms with Crippen LogP contribution in [0.15, 0.2) is 53.6 Å². The van der Waals surface area contributed by atoms with Crippen molar-refractivity contribution in [3.05, 3.63) is 69.7 Å². The molecular weight excluding hydrogens is 283 g/mol. The molecule has 0 atom stereocenters. The van der Waals surface area contributed by atoms with Crippen LogP contribution in [-0.4, -0.2) is 12.1 Å². The molecule has 0 saturated carbocycles. The Morgan fingerprint density at radius 3 is 2.63 bits per heavy atom. The number of nitrogens with zero attached hydrogens (tertiary/aromatic N) is 1. The van der Waals surface area contributed by atoms with E-state index in [1.165, 1.54) is 6.21 Å². The Kier molecular flexibility index (Phi) is 4.55. The minimum Gasteiger partial charge on any atom is -0.267 e. The Morgan fingerprint density at radius 1 is 1.11 bits per heavy atom. The quantitative estimate of drug-likeness (QED) is 0.679.